The van der Waals surface area contributed by atoms with Gasteiger partial charge in [-0.15, -0.1) is 0 Å². The van der Waals surface area contributed by atoms with E-state index in [9.17, 15) is 4.79 Å². The van der Waals surface area contributed by atoms with Gasteiger partial charge in [0.25, 0.3) is 0 Å². The molecule has 0 radical (unpaired) electrons. The minimum Gasteiger partial charge on any atom is -0.466 e. The van der Waals surface area contributed by atoms with Crippen molar-refractivity contribution in [2.24, 2.45) is 5.92 Å². The van der Waals surface area contributed by atoms with E-state index in [1.807, 2.05) is 6.92 Å². The molecule has 0 saturated carbocycles. The third-order valence-corrected chi connectivity index (χ3v) is 4.06. The van der Waals surface area contributed by atoms with Crippen LogP contribution in [0, 0.1) is 5.92 Å². The highest BCUT2D eigenvalue weighted by molar-refractivity contribution is 5.72. The molecule has 2 saturated heterocycles. The maximum Gasteiger partial charge on any atom is 0.309 e. The number of piperidine rings is 1. The molecule has 2 aliphatic heterocycles. The van der Waals surface area contributed by atoms with E-state index >= 15 is 0 Å². The highest BCUT2D eigenvalue weighted by Crippen LogP contribution is 2.19. The number of likely N-dealkylation sites (tertiary alicyclic amines) is 1. The minimum absolute atomic E-state index is 0.000760. The van der Waals surface area contributed by atoms with Gasteiger partial charge in [-0.05, 0) is 52.1 Å². The van der Waals surface area contributed by atoms with E-state index in [-0.39, 0.29) is 18.2 Å². The Kier molecular flexibility index (Phi) is 6.76. The Balaban J connectivity index is 1.56. The summed E-state index contributed by atoms with van der Waals surface area (Å²) in [6, 6.07) is 0. The lowest BCUT2D eigenvalue weighted by Gasteiger charge is -2.31. The normalized spacial score (nSPS) is 25.6. The molecular formula is C15H27NO4. The Morgan fingerprint density at radius 2 is 2.05 bits per heavy atom. The first kappa shape index (κ1) is 15.7. The zero-order chi connectivity index (χ0) is 14.2. The summed E-state index contributed by atoms with van der Waals surface area (Å²) in [6.45, 7) is 6.72. The molecule has 2 rings (SSSR count). The monoisotopic (exact) mass is 285 g/mol. The van der Waals surface area contributed by atoms with Gasteiger partial charge in [-0.1, -0.05) is 0 Å². The van der Waals surface area contributed by atoms with Crippen LogP contribution in [-0.2, 0) is 19.0 Å². The molecule has 5 nitrogen and oxygen atoms in total. The van der Waals surface area contributed by atoms with E-state index in [2.05, 4.69) is 4.90 Å². The standard InChI is InChI=1S/C15H27NO4/c1-2-18-15(17)13-6-8-16(9-7-13)10-12-20-14-5-3-4-11-19-14/h13-14H,2-12H2,1H3/t14-/m0/s1. The Bertz CT molecular complexity index is 284. The predicted octanol–water partition coefficient (Wildman–Crippen LogP) is 1.80. The lowest BCUT2D eigenvalue weighted by atomic mass is 9.97. The molecule has 116 valence electrons. The second-order valence-corrected chi connectivity index (χ2v) is 5.53. The third-order valence-electron chi connectivity index (χ3n) is 4.06. The van der Waals surface area contributed by atoms with Crippen LogP contribution in [0.5, 0.6) is 0 Å². The quantitative estimate of drug-likeness (QED) is 0.697. The lowest BCUT2D eigenvalue weighted by molar-refractivity contribution is -0.164. The van der Waals surface area contributed by atoms with Gasteiger partial charge in [0.1, 0.15) is 0 Å². The molecule has 20 heavy (non-hydrogen) atoms. The van der Waals surface area contributed by atoms with Gasteiger partial charge in [0.2, 0.25) is 0 Å². The van der Waals surface area contributed by atoms with E-state index in [1.165, 1.54) is 6.42 Å². The topological polar surface area (TPSA) is 48.0 Å². The second kappa shape index (κ2) is 8.60. The molecule has 5 heteroatoms. The first-order valence-electron chi connectivity index (χ1n) is 7.91. The van der Waals surface area contributed by atoms with Gasteiger partial charge >= 0.3 is 5.97 Å². The summed E-state index contributed by atoms with van der Waals surface area (Å²) in [4.78, 5) is 14.0. The van der Waals surface area contributed by atoms with Crippen LogP contribution in [0.25, 0.3) is 0 Å². The molecule has 0 unspecified atom stereocenters. The largest absolute Gasteiger partial charge is 0.466 e. The molecule has 2 aliphatic rings. The van der Waals surface area contributed by atoms with Crippen molar-refractivity contribution < 1.29 is 19.0 Å². The van der Waals surface area contributed by atoms with E-state index in [4.69, 9.17) is 14.2 Å². The Morgan fingerprint density at radius 3 is 2.70 bits per heavy atom. The molecule has 2 heterocycles. The van der Waals surface area contributed by atoms with Gasteiger partial charge in [-0.25, -0.2) is 0 Å². The molecule has 1 atom stereocenters. The Hall–Kier alpha value is -0.650. The highest BCUT2D eigenvalue weighted by Gasteiger charge is 2.25. The highest BCUT2D eigenvalue weighted by atomic mass is 16.7. The van der Waals surface area contributed by atoms with Crippen molar-refractivity contribution in [3.63, 3.8) is 0 Å². The van der Waals surface area contributed by atoms with Crippen molar-refractivity contribution in [1.82, 2.24) is 4.90 Å². The number of esters is 1. The van der Waals surface area contributed by atoms with E-state index < -0.39 is 0 Å². The second-order valence-electron chi connectivity index (χ2n) is 5.53. The molecular weight excluding hydrogens is 258 g/mol. The summed E-state index contributed by atoms with van der Waals surface area (Å²) in [7, 11) is 0. The number of nitrogens with zero attached hydrogens (tertiary/aromatic N) is 1. The summed E-state index contributed by atoms with van der Waals surface area (Å²) in [5.74, 6) is 0.0628. The lowest BCUT2D eigenvalue weighted by Crippen LogP contribution is -2.39. The van der Waals surface area contributed by atoms with Gasteiger partial charge in [-0.3, -0.25) is 4.79 Å². The van der Waals surface area contributed by atoms with Gasteiger partial charge in [0.05, 0.1) is 19.1 Å². The molecule has 0 aromatic carbocycles. The summed E-state index contributed by atoms with van der Waals surface area (Å²) in [5, 5.41) is 0. The minimum atomic E-state index is -0.0287. The number of hydrogen-bond acceptors (Lipinski definition) is 5. The van der Waals surface area contributed by atoms with Gasteiger partial charge in [0.15, 0.2) is 6.29 Å². The van der Waals surface area contributed by atoms with E-state index in [1.54, 1.807) is 0 Å². The first-order chi connectivity index (χ1) is 9.79. The van der Waals surface area contributed by atoms with Crippen LogP contribution in [0.3, 0.4) is 0 Å². The van der Waals surface area contributed by atoms with Crippen LogP contribution >= 0.6 is 0 Å². The molecule has 0 N–H and O–H groups in total. The first-order valence-corrected chi connectivity index (χ1v) is 7.91. The summed E-state index contributed by atoms with van der Waals surface area (Å²) >= 11 is 0. The molecule has 0 aliphatic carbocycles. The van der Waals surface area contributed by atoms with Crippen LogP contribution in [0.15, 0.2) is 0 Å². The smallest absolute Gasteiger partial charge is 0.309 e. The van der Waals surface area contributed by atoms with Crippen molar-refractivity contribution in [2.45, 2.75) is 45.3 Å². The average molecular weight is 285 g/mol. The molecule has 0 bridgehead atoms. The zero-order valence-corrected chi connectivity index (χ0v) is 12.5. The van der Waals surface area contributed by atoms with Crippen LogP contribution in [0.1, 0.15) is 39.0 Å². The Labute approximate surface area is 121 Å². The summed E-state index contributed by atoms with van der Waals surface area (Å²) in [5.41, 5.74) is 0. The molecule has 0 aromatic rings. The SMILES string of the molecule is CCOC(=O)C1CCN(CCO[C@H]2CCCCO2)CC1. The number of carbonyl (C=O) groups is 1. The summed E-state index contributed by atoms with van der Waals surface area (Å²) in [6.07, 6.45) is 5.18. The number of hydrogen-bond donors (Lipinski definition) is 0. The maximum atomic E-state index is 11.6. The zero-order valence-electron chi connectivity index (χ0n) is 12.5. The van der Waals surface area contributed by atoms with Crippen LogP contribution < -0.4 is 0 Å². The molecule has 0 spiro atoms. The number of ether oxygens (including phenoxy) is 3. The van der Waals surface area contributed by atoms with Crippen molar-refractivity contribution in [3.05, 3.63) is 0 Å². The van der Waals surface area contributed by atoms with Crippen LogP contribution in [0.2, 0.25) is 0 Å². The van der Waals surface area contributed by atoms with Gasteiger partial charge in [0, 0.05) is 13.2 Å². The third kappa shape index (κ3) is 5.04. The predicted molar refractivity (Wildman–Crippen MR) is 75.3 cm³/mol. The van der Waals surface area contributed by atoms with E-state index in [0.29, 0.717) is 6.61 Å². The van der Waals surface area contributed by atoms with E-state index in [0.717, 1.165) is 58.5 Å². The van der Waals surface area contributed by atoms with Crippen LogP contribution in [0.4, 0.5) is 0 Å². The molecule has 2 fully saturated rings. The van der Waals surface area contributed by atoms with Gasteiger partial charge in [-0.2, -0.15) is 0 Å². The maximum absolute atomic E-state index is 11.6. The van der Waals surface area contributed by atoms with Gasteiger partial charge < -0.3 is 19.1 Å². The fourth-order valence-corrected chi connectivity index (χ4v) is 2.81. The van der Waals surface area contributed by atoms with Crippen LogP contribution in [-0.4, -0.2) is 56.6 Å². The van der Waals surface area contributed by atoms with Crippen molar-refractivity contribution in [1.29, 1.82) is 0 Å². The number of rotatable bonds is 6. The number of carbonyl (C=O) groups excluding carboxylic acids is 1. The Morgan fingerprint density at radius 1 is 1.25 bits per heavy atom. The summed E-state index contributed by atoms with van der Waals surface area (Å²) < 4.78 is 16.4. The fourth-order valence-electron chi connectivity index (χ4n) is 2.81. The molecule has 0 aromatic heterocycles. The average Bonchev–Trinajstić information content (AvgIpc) is 2.49. The van der Waals surface area contributed by atoms with Crippen molar-refractivity contribution >= 4 is 5.97 Å². The molecule has 0 amide bonds. The van der Waals surface area contributed by atoms with Crippen molar-refractivity contribution in [3.8, 4) is 0 Å². The fraction of sp³-hybridized carbons (Fsp3) is 0.933. The van der Waals surface area contributed by atoms with Crippen molar-refractivity contribution in [2.75, 3.05) is 39.5 Å².